The van der Waals surface area contributed by atoms with Gasteiger partial charge in [0.25, 0.3) is 0 Å². The van der Waals surface area contributed by atoms with Gasteiger partial charge in [0.1, 0.15) is 6.54 Å². The number of hydrogen-bond acceptors (Lipinski definition) is 3. The molecular weight excluding hydrogens is 384 g/mol. The summed E-state index contributed by atoms with van der Waals surface area (Å²) < 4.78 is 25.4. The number of nitrogens with zero attached hydrogens (tertiary/aromatic N) is 1. The van der Waals surface area contributed by atoms with E-state index in [1.165, 1.54) is 16.3 Å². The van der Waals surface area contributed by atoms with Gasteiger partial charge < -0.3 is 5.32 Å². The fraction of sp³-hybridized carbons (Fsp3) is 0.261. The molecule has 0 heterocycles. The summed E-state index contributed by atoms with van der Waals surface area (Å²) in [5.74, 6) is -0.0998. The zero-order valence-corrected chi connectivity index (χ0v) is 17.5. The van der Waals surface area contributed by atoms with Crippen LogP contribution in [0.4, 0.5) is 5.69 Å². The number of nitrogens with one attached hydrogen (secondary N) is 1. The van der Waals surface area contributed by atoms with Gasteiger partial charge in [-0.3, -0.25) is 9.10 Å². The molecule has 0 aliphatic carbocycles. The number of carbonyl (C=O) groups excluding carboxylic acids is 1. The van der Waals surface area contributed by atoms with E-state index in [-0.39, 0.29) is 18.4 Å². The van der Waals surface area contributed by atoms with Crippen molar-refractivity contribution in [1.29, 1.82) is 0 Å². The van der Waals surface area contributed by atoms with Crippen molar-refractivity contribution in [2.45, 2.75) is 13.3 Å². The number of benzene rings is 3. The summed E-state index contributed by atoms with van der Waals surface area (Å²) in [5, 5.41) is 5.30. The summed E-state index contributed by atoms with van der Waals surface area (Å²) in [6, 6.07) is 23.2. The first-order valence-corrected chi connectivity index (χ1v) is 11.5. The maximum atomic E-state index is 12.4. The van der Waals surface area contributed by atoms with Gasteiger partial charge in [-0.2, -0.15) is 0 Å². The van der Waals surface area contributed by atoms with Crippen molar-refractivity contribution in [1.82, 2.24) is 5.32 Å². The Hall–Kier alpha value is -2.86. The van der Waals surface area contributed by atoms with E-state index < -0.39 is 10.0 Å². The van der Waals surface area contributed by atoms with E-state index in [1.54, 1.807) is 30.3 Å². The Morgan fingerprint density at radius 1 is 0.966 bits per heavy atom. The summed E-state index contributed by atoms with van der Waals surface area (Å²) in [4.78, 5) is 12.4. The van der Waals surface area contributed by atoms with Crippen LogP contribution in [0.15, 0.2) is 72.8 Å². The van der Waals surface area contributed by atoms with Gasteiger partial charge in [0.05, 0.1) is 11.9 Å². The summed E-state index contributed by atoms with van der Waals surface area (Å²) >= 11 is 0. The molecule has 0 fully saturated rings. The molecule has 0 aliphatic rings. The number of para-hydroxylation sites is 1. The molecule has 3 aromatic rings. The average molecular weight is 411 g/mol. The molecule has 1 atom stereocenters. The maximum Gasteiger partial charge on any atom is 0.240 e. The Morgan fingerprint density at radius 2 is 1.62 bits per heavy atom. The number of amides is 1. The van der Waals surface area contributed by atoms with Crippen molar-refractivity contribution in [2.24, 2.45) is 5.92 Å². The lowest BCUT2D eigenvalue weighted by Crippen LogP contribution is -2.41. The number of fused-ring (bicyclic) bond motifs is 1. The topological polar surface area (TPSA) is 66.5 Å². The molecule has 152 valence electrons. The van der Waals surface area contributed by atoms with Crippen LogP contribution >= 0.6 is 0 Å². The van der Waals surface area contributed by atoms with Crippen molar-refractivity contribution in [2.75, 3.05) is 23.7 Å². The van der Waals surface area contributed by atoms with Gasteiger partial charge >= 0.3 is 0 Å². The molecule has 5 nitrogen and oxygen atoms in total. The van der Waals surface area contributed by atoms with Gasteiger partial charge in [-0.25, -0.2) is 8.42 Å². The zero-order valence-electron chi connectivity index (χ0n) is 16.7. The van der Waals surface area contributed by atoms with Crippen LogP contribution in [0, 0.1) is 5.92 Å². The zero-order chi connectivity index (χ0) is 20.9. The Labute approximate surface area is 172 Å². The van der Waals surface area contributed by atoms with Crippen molar-refractivity contribution >= 4 is 32.4 Å². The van der Waals surface area contributed by atoms with Gasteiger partial charge in [-0.1, -0.05) is 67.6 Å². The molecule has 0 spiro atoms. The van der Waals surface area contributed by atoms with Crippen LogP contribution in [0.25, 0.3) is 10.8 Å². The van der Waals surface area contributed by atoms with E-state index in [4.69, 9.17) is 0 Å². The first-order valence-electron chi connectivity index (χ1n) is 9.60. The summed E-state index contributed by atoms with van der Waals surface area (Å²) in [6.07, 6.45) is 1.94. The standard InChI is InChI=1S/C23H26N2O3S/c1-18(15-20-11-8-10-19-9-6-7-14-22(19)20)16-24-23(26)17-25(29(2,27)28)21-12-4-3-5-13-21/h3-14,18H,15-17H2,1-2H3,(H,24,26). The van der Waals surface area contributed by atoms with Crippen molar-refractivity contribution < 1.29 is 13.2 Å². The number of hydrogen-bond donors (Lipinski definition) is 1. The third kappa shape index (κ3) is 5.57. The fourth-order valence-corrected chi connectivity index (χ4v) is 4.24. The minimum absolute atomic E-state index is 0.216. The predicted molar refractivity (Wildman–Crippen MR) is 118 cm³/mol. The minimum Gasteiger partial charge on any atom is -0.354 e. The van der Waals surface area contributed by atoms with E-state index >= 15 is 0 Å². The van der Waals surface area contributed by atoms with E-state index in [0.29, 0.717) is 12.2 Å². The SMILES string of the molecule is CC(CNC(=O)CN(c1ccccc1)S(C)(=O)=O)Cc1cccc2ccccc12. The van der Waals surface area contributed by atoms with Gasteiger partial charge in [-0.15, -0.1) is 0 Å². The molecule has 1 amide bonds. The Morgan fingerprint density at radius 3 is 2.34 bits per heavy atom. The van der Waals surface area contributed by atoms with Gasteiger partial charge in [0.2, 0.25) is 15.9 Å². The number of anilines is 1. The lowest BCUT2D eigenvalue weighted by Gasteiger charge is -2.22. The minimum atomic E-state index is -3.55. The first-order chi connectivity index (χ1) is 13.8. The highest BCUT2D eigenvalue weighted by Gasteiger charge is 2.20. The van der Waals surface area contributed by atoms with E-state index in [0.717, 1.165) is 17.0 Å². The maximum absolute atomic E-state index is 12.4. The smallest absolute Gasteiger partial charge is 0.240 e. The van der Waals surface area contributed by atoms with Crippen LogP contribution in [0.2, 0.25) is 0 Å². The molecule has 3 aromatic carbocycles. The monoisotopic (exact) mass is 410 g/mol. The molecule has 0 saturated heterocycles. The summed E-state index contributed by atoms with van der Waals surface area (Å²) in [6.45, 7) is 2.33. The largest absolute Gasteiger partial charge is 0.354 e. The molecule has 0 bridgehead atoms. The van der Waals surface area contributed by atoms with Crippen molar-refractivity contribution in [3.05, 3.63) is 78.4 Å². The molecule has 0 saturated carbocycles. The van der Waals surface area contributed by atoms with E-state index in [2.05, 4.69) is 36.5 Å². The second-order valence-electron chi connectivity index (χ2n) is 7.36. The second-order valence-corrected chi connectivity index (χ2v) is 9.26. The quantitative estimate of drug-likeness (QED) is 0.617. The highest BCUT2D eigenvalue weighted by Crippen LogP contribution is 2.21. The number of sulfonamides is 1. The molecule has 29 heavy (non-hydrogen) atoms. The van der Waals surface area contributed by atoms with Crippen LogP contribution in [0.1, 0.15) is 12.5 Å². The molecule has 0 aliphatic heterocycles. The molecule has 0 aromatic heterocycles. The third-order valence-corrected chi connectivity index (χ3v) is 5.97. The number of rotatable bonds is 8. The van der Waals surface area contributed by atoms with Crippen LogP contribution in [0.5, 0.6) is 0 Å². The summed E-state index contributed by atoms with van der Waals surface area (Å²) in [7, 11) is -3.55. The normalized spacial score (nSPS) is 12.5. The Bertz CT molecular complexity index is 1080. The van der Waals surface area contributed by atoms with Gasteiger partial charge in [-0.05, 0) is 40.8 Å². The third-order valence-electron chi connectivity index (χ3n) is 4.83. The van der Waals surface area contributed by atoms with Gasteiger partial charge in [0.15, 0.2) is 0 Å². The van der Waals surface area contributed by atoms with Crippen molar-refractivity contribution in [3.63, 3.8) is 0 Å². The second kappa shape index (κ2) is 9.09. The average Bonchev–Trinajstić information content (AvgIpc) is 2.70. The molecule has 3 rings (SSSR count). The molecule has 1 unspecified atom stereocenters. The first kappa shape index (κ1) is 20.9. The number of carbonyl (C=O) groups is 1. The fourth-order valence-electron chi connectivity index (χ4n) is 3.39. The molecular formula is C23H26N2O3S. The lowest BCUT2D eigenvalue weighted by atomic mass is 9.96. The molecule has 6 heteroatoms. The van der Waals surface area contributed by atoms with Crippen LogP contribution < -0.4 is 9.62 Å². The Balaban J connectivity index is 1.61. The van der Waals surface area contributed by atoms with Gasteiger partial charge in [0, 0.05) is 6.54 Å². The highest BCUT2D eigenvalue weighted by molar-refractivity contribution is 7.92. The lowest BCUT2D eigenvalue weighted by molar-refractivity contribution is -0.119. The van der Waals surface area contributed by atoms with Crippen LogP contribution in [-0.4, -0.2) is 33.7 Å². The molecule has 0 radical (unpaired) electrons. The van der Waals surface area contributed by atoms with E-state index in [9.17, 15) is 13.2 Å². The van der Waals surface area contributed by atoms with E-state index in [1.807, 2.05) is 18.2 Å². The highest BCUT2D eigenvalue weighted by atomic mass is 32.2. The summed E-state index contributed by atoms with van der Waals surface area (Å²) in [5.41, 5.74) is 1.72. The van der Waals surface area contributed by atoms with Crippen LogP contribution in [-0.2, 0) is 21.2 Å². The van der Waals surface area contributed by atoms with Crippen LogP contribution in [0.3, 0.4) is 0 Å². The van der Waals surface area contributed by atoms with Crippen molar-refractivity contribution in [3.8, 4) is 0 Å². The predicted octanol–water partition coefficient (Wildman–Crippen LogP) is 3.60. The Kier molecular flexibility index (Phi) is 6.54. The molecule has 1 N–H and O–H groups in total.